The minimum Gasteiger partial charge on any atom is -0.324 e. The quantitative estimate of drug-likeness (QED) is 0.687. The maximum atomic E-state index is 13.4. The fourth-order valence-corrected chi connectivity index (χ4v) is 3.47. The third-order valence-electron chi connectivity index (χ3n) is 5.00. The highest BCUT2D eigenvalue weighted by molar-refractivity contribution is 6.10. The van der Waals surface area contributed by atoms with Gasteiger partial charge >= 0.3 is 6.03 Å². The smallest absolute Gasteiger partial charge is 0.324 e. The van der Waals surface area contributed by atoms with Gasteiger partial charge in [0, 0.05) is 5.69 Å². The molecule has 4 amide bonds. The van der Waals surface area contributed by atoms with E-state index < -0.39 is 35.7 Å². The number of unbranched alkanes of at least 4 members (excludes halogenated alkanes) is 1. The van der Waals surface area contributed by atoms with Gasteiger partial charge in [-0.2, -0.15) is 5.26 Å². The van der Waals surface area contributed by atoms with E-state index in [9.17, 15) is 18.8 Å². The Bertz CT molecular complexity index is 1020. The van der Waals surface area contributed by atoms with Crippen LogP contribution in [0.25, 0.3) is 0 Å². The molecule has 1 aliphatic rings. The number of anilines is 1. The highest BCUT2D eigenvalue weighted by Gasteiger charge is 2.52. The lowest BCUT2D eigenvalue weighted by molar-refractivity contribution is -0.134. The molecule has 1 aliphatic heterocycles. The maximum absolute atomic E-state index is 13.4. The van der Waals surface area contributed by atoms with Gasteiger partial charge in [-0.1, -0.05) is 38.0 Å². The summed E-state index contributed by atoms with van der Waals surface area (Å²) < 4.78 is 13.4. The second kappa shape index (κ2) is 8.74. The number of amides is 4. The average Bonchev–Trinajstić information content (AvgIpc) is 2.98. The van der Waals surface area contributed by atoms with Crippen molar-refractivity contribution in [2.45, 2.75) is 31.7 Å². The van der Waals surface area contributed by atoms with Crippen molar-refractivity contribution in [2.75, 3.05) is 11.9 Å². The molecule has 0 bridgehead atoms. The zero-order chi connectivity index (χ0) is 21.7. The molecule has 1 atom stereocenters. The SMILES string of the molecule is CCCC[C@@]1(c2ccc(F)cc2)NC(=O)N(CC(=O)Nc2cccc(C#N)c2)C1=O. The Morgan fingerprint density at radius 1 is 1.23 bits per heavy atom. The van der Waals surface area contributed by atoms with Gasteiger partial charge < -0.3 is 10.6 Å². The number of nitriles is 1. The van der Waals surface area contributed by atoms with Crippen molar-refractivity contribution in [1.29, 1.82) is 5.26 Å². The Kier molecular flexibility index (Phi) is 6.11. The fraction of sp³-hybridized carbons (Fsp3) is 0.273. The number of nitrogens with one attached hydrogen (secondary N) is 2. The molecule has 0 aromatic heterocycles. The number of benzene rings is 2. The van der Waals surface area contributed by atoms with Gasteiger partial charge in [0.05, 0.1) is 11.6 Å². The zero-order valence-electron chi connectivity index (χ0n) is 16.4. The number of nitrogens with zero attached hydrogens (tertiary/aromatic N) is 2. The van der Waals surface area contributed by atoms with Gasteiger partial charge in [0.1, 0.15) is 17.9 Å². The number of hydrogen-bond donors (Lipinski definition) is 2. The van der Waals surface area contributed by atoms with Crippen molar-refractivity contribution in [3.8, 4) is 6.07 Å². The van der Waals surface area contributed by atoms with E-state index in [0.717, 1.165) is 11.3 Å². The number of carbonyl (C=O) groups is 3. The third kappa shape index (κ3) is 4.15. The number of imide groups is 1. The molecule has 3 rings (SSSR count). The number of rotatable bonds is 7. The monoisotopic (exact) mass is 408 g/mol. The van der Waals surface area contributed by atoms with Gasteiger partial charge in [-0.05, 0) is 42.3 Å². The van der Waals surface area contributed by atoms with Crippen molar-refractivity contribution in [3.05, 3.63) is 65.5 Å². The first-order valence-electron chi connectivity index (χ1n) is 9.60. The van der Waals surface area contributed by atoms with Crippen LogP contribution in [-0.2, 0) is 15.1 Å². The van der Waals surface area contributed by atoms with Gasteiger partial charge in [-0.25, -0.2) is 9.18 Å². The molecule has 0 aliphatic carbocycles. The second-order valence-corrected chi connectivity index (χ2v) is 7.08. The van der Waals surface area contributed by atoms with Crippen LogP contribution < -0.4 is 10.6 Å². The summed E-state index contributed by atoms with van der Waals surface area (Å²) in [6.07, 6.45) is 1.79. The molecule has 8 heteroatoms. The summed E-state index contributed by atoms with van der Waals surface area (Å²) in [5.74, 6) is -1.57. The Balaban J connectivity index is 1.81. The third-order valence-corrected chi connectivity index (χ3v) is 5.00. The summed E-state index contributed by atoms with van der Waals surface area (Å²) in [5, 5.41) is 14.3. The second-order valence-electron chi connectivity index (χ2n) is 7.08. The molecule has 7 nitrogen and oxygen atoms in total. The van der Waals surface area contributed by atoms with Crippen LogP contribution in [-0.4, -0.2) is 29.3 Å². The van der Waals surface area contributed by atoms with Crippen LogP contribution in [0.4, 0.5) is 14.9 Å². The van der Waals surface area contributed by atoms with Crippen LogP contribution in [0.2, 0.25) is 0 Å². The van der Waals surface area contributed by atoms with Crippen molar-refractivity contribution < 1.29 is 18.8 Å². The van der Waals surface area contributed by atoms with E-state index in [4.69, 9.17) is 5.26 Å². The van der Waals surface area contributed by atoms with Crippen LogP contribution in [0.1, 0.15) is 37.3 Å². The van der Waals surface area contributed by atoms with Crippen LogP contribution in [0.5, 0.6) is 0 Å². The molecule has 1 fully saturated rings. The summed E-state index contributed by atoms with van der Waals surface area (Å²) in [6.45, 7) is 1.48. The molecule has 1 heterocycles. The molecule has 0 saturated carbocycles. The Morgan fingerprint density at radius 2 is 1.97 bits per heavy atom. The zero-order valence-corrected chi connectivity index (χ0v) is 16.4. The number of halogens is 1. The largest absolute Gasteiger partial charge is 0.325 e. The molecule has 2 aromatic rings. The topological polar surface area (TPSA) is 102 Å². The van der Waals surface area contributed by atoms with Crippen LogP contribution in [0.3, 0.4) is 0 Å². The van der Waals surface area contributed by atoms with E-state index in [1.807, 2.05) is 13.0 Å². The molecule has 2 aromatic carbocycles. The molecule has 2 N–H and O–H groups in total. The lowest BCUT2D eigenvalue weighted by Gasteiger charge is -2.27. The molecule has 154 valence electrons. The van der Waals surface area contributed by atoms with Gasteiger partial charge in [0.15, 0.2) is 0 Å². The Labute approximate surface area is 173 Å². The van der Waals surface area contributed by atoms with Gasteiger partial charge in [0.25, 0.3) is 5.91 Å². The van der Waals surface area contributed by atoms with Crippen molar-refractivity contribution in [1.82, 2.24) is 10.2 Å². The van der Waals surface area contributed by atoms with E-state index >= 15 is 0 Å². The first kappa shape index (κ1) is 21.0. The number of urea groups is 1. The molecular weight excluding hydrogens is 387 g/mol. The molecule has 1 saturated heterocycles. The van der Waals surface area contributed by atoms with Crippen molar-refractivity contribution in [2.24, 2.45) is 0 Å². The first-order valence-corrected chi connectivity index (χ1v) is 9.60. The van der Waals surface area contributed by atoms with E-state index in [0.29, 0.717) is 29.7 Å². The van der Waals surface area contributed by atoms with Crippen molar-refractivity contribution in [3.63, 3.8) is 0 Å². The van der Waals surface area contributed by atoms with Crippen LogP contribution >= 0.6 is 0 Å². The summed E-state index contributed by atoms with van der Waals surface area (Å²) >= 11 is 0. The van der Waals surface area contributed by atoms with E-state index in [-0.39, 0.29) is 0 Å². The molecule has 0 radical (unpaired) electrons. The maximum Gasteiger partial charge on any atom is 0.325 e. The summed E-state index contributed by atoms with van der Waals surface area (Å²) in [7, 11) is 0. The minimum absolute atomic E-state index is 0.335. The van der Waals surface area contributed by atoms with Crippen molar-refractivity contribution >= 4 is 23.5 Å². The van der Waals surface area contributed by atoms with Gasteiger partial charge in [-0.15, -0.1) is 0 Å². The van der Waals surface area contributed by atoms with Crippen LogP contribution in [0, 0.1) is 17.1 Å². The fourth-order valence-electron chi connectivity index (χ4n) is 3.47. The Morgan fingerprint density at radius 3 is 2.63 bits per heavy atom. The average molecular weight is 408 g/mol. The highest BCUT2D eigenvalue weighted by Crippen LogP contribution is 2.34. The standard InChI is InChI=1S/C22H21FN4O3/c1-2-3-11-22(16-7-9-17(23)10-8-16)20(29)27(21(30)26-22)14-19(28)25-18-6-4-5-15(12-18)13-24/h4-10,12H,2-3,11,14H2,1H3,(H,25,28)(H,26,30)/t22-/m0/s1. The lowest BCUT2D eigenvalue weighted by atomic mass is 9.85. The predicted molar refractivity (Wildman–Crippen MR) is 108 cm³/mol. The van der Waals surface area contributed by atoms with E-state index in [1.165, 1.54) is 30.3 Å². The summed E-state index contributed by atoms with van der Waals surface area (Å²) in [6, 6.07) is 13.0. The summed E-state index contributed by atoms with van der Waals surface area (Å²) in [4.78, 5) is 39.1. The molecule has 0 spiro atoms. The molecule has 30 heavy (non-hydrogen) atoms. The normalized spacial score (nSPS) is 18.1. The minimum atomic E-state index is -1.33. The number of hydrogen-bond acceptors (Lipinski definition) is 4. The first-order chi connectivity index (χ1) is 14.4. The lowest BCUT2D eigenvalue weighted by Crippen LogP contribution is -2.44. The van der Waals surface area contributed by atoms with Gasteiger partial charge in [-0.3, -0.25) is 14.5 Å². The predicted octanol–water partition coefficient (Wildman–Crippen LogP) is 3.27. The highest BCUT2D eigenvalue weighted by atomic mass is 19.1. The van der Waals surface area contributed by atoms with E-state index in [1.54, 1.807) is 18.2 Å². The Hall–Kier alpha value is -3.73. The summed E-state index contributed by atoms with van der Waals surface area (Å²) in [5.41, 5.74) is -0.0955. The van der Waals surface area contributed by atoms with Gasteiger partial charge in [0.2, 0.25) is 5.91 Å². The number of carbonyl (C=O) groups excluding carboxylic acids is 3. The van der Waals surface area contributed by atoms with E-state index in [2.05, 4.69) is 10.6 Å². The molecular formula is C22H21FN4O3. The molecule has 0 unspecified atom stereocenters. The van der Waals surface area contributed by atoms with Crippen LogP contribution in [0.15, 0.2) is 48.5 Å².